The van der Waals surface area contributed by atoms with Gasteiger partial charge in [0.2, 0.25) is 0 Å². The first-order chi connectivity index (χ1) is 9.54. The summed E-state index contributed by atoms with van der Waals surface area (Å²) in [4.78, 5) is 0. The first-order valence-electron chi connectivity index (χ1n) is 7.42. The molecule has 0 bridgehead atoms. The molecule has 0 spiro atoms. The van der Waals surface area contributed by atoms with Crippen LogP contribution in [0.2, 0.25) is 0 Å². The van der Waals surface area contributed by atoms with E-state index >= 15 is 0 Å². The van der Waals surface area contributed by atoms with Gasteiger partial charge < -0.3 is 5.32 Å². The van der Waals surface area contributed by atoms with Crippen LogP contribution in [0.15, 0.2) is 24.3 Å². The monoisotopic (exact) mass is 283 g/mol. The average molecular weight is 283 g/mol. The van der Waals surface area contributed by atoms with Crippen molar-refractivity contribution in [3.8, 4) is 0 Å². The number of rotatable bonds is 3. The molecule has 1 N–H and O–H groups in total. The predicted molar refractivity (Wildman–Crippen MR) is 72.7 cm³/mol. The van der Waals surface area contributed by atoms with Crippen LogP contribution in [0.25, 0.3) is 0 Å². The van der Waals surface area contributed by atoms with Crippen molar-refractivity contribution in [2.24, 2.45) is 5.92 Å². The Balaban J connectivity index is 1.50. The summed E-state index contributed by atoms with van der Waals surface area (Å²) in [5, 5.41) is 3.37. The van der Waals surface area contributed by atoms with Crippen LogP contribution in [0.3, 0.4) is 0 Å². The molecule has 2 aliphatic rings. The molecule has 0 aromatic heterocycles. The maximum atomic E-state index is 12.8. The van der Waals surface area contributed by atoms with Gasteiger partial charge in [0.15, 0.2) is 0 Å². The minimum Gasteiger partial charge on any atom is -0.313 e. The van der Waals surface area contributed by atoms with Crippen molar-refractivity contribution in [3.05, 3.63) is 35.4 Å². The average Bonchev–Trinajstić information content (AvgIpc) is 2.39. The largest absolute Gasteiger partial charge is 0.391 e. The van der Waals surface area contributed by atoms with Gasteiger partial charge in [0.1, 0.15) is 0 Å². The number of nitrogens with one attached hydrogen (secondary N) is 1. The summed E-state index contributed by atoms with van der Waals surface area (Å²) in [5.41, 5.74) is 2.75. The molecular formula is C16H20F3N. The molecular weight excluding hydrogens is 263 g/mol. The van der Waals surface area contributed by atoms with Gasteiger partial charge in [0.05, 0.1) is 5.92 Å². The summed E-state index contributed by atoms with van der Waals surface area (Å²) in [5.74, 6) is -0.625. The van der Waals surface area contributed by atoms with Gasteiger partial charge in [-0.2, -0.15) is 13.2 Å². The van der Waals surface area contributed by atoms with Crippen molar-refractivity contribution in [3.63, 3.8) is 0 Å². The molecule has 2 aliphatic carbocycles. The van der Waals surface area contributed by atoms with E-state index < -0.39 is 12.1 Å². The first-order valence-corrected chi connectivity index (χ1v) is 7.42. The number of fused-ring (bicyclic) bond motifs is 1. The lowest BCUT2D eigenvalue weighted by molar-refractivity contribution is -0.183. The summed E-state index contributed by atoms with van der Waals surface area (Å²) < 4.78 is 38.3. The fourth-order valence-corrected chi connectivity index (χ4v) is 3.53. The van der Waals surface area contributed by atoms with Gasteiger partial charge in [0.25, 0.3) is 0 Å². The van der Waals surface area contributed by atoms with Crippen molar-refractivity contribution in [2.45, 2.75) is 50.2 Å². The second-order valence-corrected chi connectivity index (χ2v) is 6.11. The lowest BCUT2D eigenvalue weighted by atomic mass is 9.77. The standard InChI is InChI=1S/C16H20F3N/c17-16(18,19)13-5-3-6-14(9-13)20-10-12-8-11-4-1-2-7-15(11)12/h1-2,4,7,12-14,20H,3,5-6,8-10H2. The van der Waals surface area contributed by atoms with E-state index in [-0.39, 0.29) is 12.5 Å². The van der Waals surface area contributed by atoms with E-state index in [9.17, 15) is 13.2 Å². The van der Waals surface area contributed by atoms with E-state index in [1.165, 1.54) is 11.1 Å². The maximum absolute atomic E-state index is 12.8. The predicted octanol–water partition coefficient (Wildman–Crippen LogP) is 4.04. The van der Waals surface area contributed by atoms with Gasteiger partial charge >= 0.3 is 6.18 Å². The van der Waals surface area contributed by atoms with E-state index in [1.54, 1.807) is 0 Å². The number of benzene rings is 1. The van der Waals surface area contributed by atoms with Crippen LogP contribution in [0.4, 0.5) is 13.2 Å². The summed E-state index contributed by atoms with van der Waals surface area (Å²) in [6.07, 6.45) is -0.863. The molecule has 1 aromatic rings. The SMILES string of the molecule is FC(F)(F)C1CCCC(NCC2Cc3ccccc32)C1. The van der Waals surface area contributed by atoms with E-state index in [1.807, 2.05) is 12.1 Å². The molecule has 3 atom stereocenters. The lowest BCUT2D eigenvalue weighted by Crippen LogP contribution is -2.41. The molecule has 3 unspecified atom stereocenters. The highest BCUT2D eigenvalue weighted by Crippen LogP contribution is 2.38. The summed E-state index contributed by atoms with van der Waals surface area (Å²) >= 11 is 0. The number of hydrogen-bond donors (Lipinski definition) is 1. The molecule has 0 saturated heterocycles. The van der Waals surface area contributed by atoms with E-state index in [0.29, 0.717) is 18.8 Å². The fourth-order valence-electron chi connectivity index (χ4n) is 3.53. The van der Waals surface area contributed by atoms with Crippen LogP contribution in [0.5, 0.6) is 0 Å². The number of hydrogen-bond acceptors (Lipinski definition) is 1. The molecule has 4 heteroatoms. The topological polar surface area (TPSA) is 12.0 Å². The van der Waals surface area contributed by atoms with E-state index in [2.05, 4.69) is 17.4 Å². The van der Waals surface area contributed by atoms with Crippen LogP contribution in [-0.2, 0) is 6.42 Å². The molecule has 0 heterocycles. The first kappa shape index (κ1) is 13.9. The zero-order valence-corrected chi connectivity index (χ0v) is 11.4. The second kappa shape index (κ2) is 5.40. The second-order valence-electron chi connectivity index (χ2n) is 6.11. The minimum atomic E-state index is -4.02. The minimum absolute atomic E-state index is 0.0307. The Morgan fingerprint density at radius 2 is 1.95 bits per heavy atom. The van der Waals surface area contributed by atoms with E-state index in [0.717, 1.165) is 19.4 Å². The van der Waals surface area contributed by atoms with Crippen molar-refractivity contribution >= 4 is 0 Å². The zero-order chi connectivity index (χ0) is 14.2. The van der Waals surface area contributed by atoms with Crippen molar-refractivity contribution in [2.75, 3.05) is 6.54 Å². The molecule has 110 valence electrons. The third-order valence-corrected chi connectivity index (χ3v) is 4.75. The quantitative estimate of drug-likeness (QED) is 0.883. The Hall–Kier alpha value is -1.03. The Kier molecular flexibility index (Phi) is 3.76. The van der Waals surface area contributed by atoms with E-state index in [4.69, 9.17) is 0 Å². The number of halogens is 3. The molecule has 0 amide bonds. The Morgan fingerprint density at radius 1 is 1.15 bits per heavy atom. The van der Waals surface area contributed by atoms with Gasteiger partial charge in [0, 0.05) is 18.5 Å². The van der Waals surface area contributed by atoms with Crippen molar-refractivity contribution < 1.29 is 13.2 Å². The van der Waals surface area contributed by atoms with Gasteiger partial charge in [-0.15, -0.1) is 0 Å². The van der Waals surface area contributed by atoms with Gasteiger partial charge in [-0.1, -0.05) is 30.7 Å². The fraction of sp³-hybridized carbons (Fsp3) is 0.625. The Bertz CT molecular complexity index is 469. The summed E-state index contributed by atoms with van der Waals surface area (Å²) in [6.45, 7) is 0.812. The highest BCUT2D eigenvalue weighted by molar-refractivity contribution is 5.40. The summed E-state index contributed by atoms with van der Waals surface area (Å²) in [7, 11) is 0. The molecule has 0 aliphatic heterocycles. The molecule has 1 saturated carbocycles. The molecule has 3 rings (SSSR count). The molecule has 1 aromatic carbocycles. The van der Waals surface area contributed by atoms with Crippen LogP contribution < -0.4 is 5.32 Å². The third kappa shape index (κ3) is 2.85. The molecule has 0 radical (unpaired) electrons. The number of alkyl halides is 3. The smallest absolute Gasteiger partial charge is 0.313 e. The molecule has 1 nitrogen and oxygen atoms in total. The van der Waals surface area contributed by atoms with Gasteiger partial charge in [-0.25, -0.2) is 0 Å². The van der Waals surface area contributed by atoms with Gasteiger partial charge in [-0.05, 0) is 36.8 Å². The van der Waals surface area contributed by atoms with Gasteiger partial charge in [-0.3, -0.25) is 0 Å². The zero-order valence-electron chi connectivity index (χ0n) is 11.4. The summed E-state index contributed by atoms with van der Waals surface area (Å²) in [6, 6.07) is 8.36. The maximum Gasteiger partial charge on any atom is 0.391 e. The van der Waals surface area contributed by atoms with Crippen LogP contribution in [-0.4, -0.2) is 18.8 Å². The third-order valence-electron chi connectivity index (χ3n) is 4.75. The van der Waals surface area contributed by atoms with Crippen LogP contribution >= 0.6 is 0 Å². The normalized spacial score (nSPS) is 29.6. The lowest BCUT2D eigenvalue weighted by Gasteiger charge is -2.35. The Labute approximate surface area is 117 Å². The molecule has 20 heavy (non-hydrogen) atoms. The van der Waals surface area contributed by atoms with Crippen molar-refractivity contribution in [1.29, 1.82) is 0 Å². The Morgan fingerprint density at radius 3 is 2.70 bits per heavy atom. The van der Waals surface area contributed by atoms with Crippen molar-refractivity contribution in [1.82, 2.24) is 5.32 Å². The van der Waals surface area contributed by atoms with Crippen LogP contribution in [0, 0.1) is 5.92 Å². The van der Waals surface area contributed by atoms with Crippen LogP contribution in [0.1, 0.15) is 42.7 Å². The highest BCUT2D eigenvalue weighted by atomic mass is 19.4. The molecule has 1 fully saturated rings. The highest BCUT2D eigenvalue weighted by Gasteiger charge is 2.42.